The third kappa shape index (κ3) is 4.14. The van der Waals surface area contributed by atoms with Crippen molar-refractivity contribution in [1.29, 1.82) is 0 Å². The third-order valence-electron chi connectivity index (χ3n) is 4.85. The van der Waals surface area contributed by atoms with Crippen LogP contribution < -0.4 is 10.1 Å². The zero-order valence-corrected chi connectivity index (χ0v) is 16.5. The van der Waals surface area contributed by atoms with E-state index < -0.39 is 10.0 Å². The largest absolute Gasteiger partial charge is 0.497 e. The van der Waals surface area contributed by atoms with Crippen LogP contribution in [0.2, 0.25) is 0 Å². The quantitative estimate of drug-likeness (QED) is 0.854. The van der Waals surface area contributed by atoms with Crippen LogP contribution in [0.3, 0.4) is 0 Å². The van der Waals surface area contributed by atoms with Gasteiger partial charge in [-0.2, -0.15) is 4.31 Å². The number of carbonyl (C=O) groups is 1. The second-order valence-corrected chi connectivity index (χ2v) is 8.69. The van der Waals surface area contributed by atoms with E-state index >= 15 is 0 Å². The Labute approximate surface area is 160 Å². The van der Waals surface area contributed by atoms with Crippen molar-refractivity contribution < 1.29 is 17.9 Å². The van der Waals surface area contributed by atoms with E-state index in [0.717, 1.165) is 17.7 Å². The van der Waals surface area contributed by atoms with Crippen molar-refractivity contribution in [1.82, 2.24) is 4.31 Å². The number of benzene rings is 2. The Kier molecular flexibility index (Phi) is 5.53. The lowest BCUT2D eigenvalue weighted by Gasteiger charge is -2.19. The molecule has 2 aromatic rings. The molecule has 0 aliphatic carbocycles. The molecule has 1 aliphatic heterocycles. The minimum atomic E-state index is -3.57. The smallest absolute Gasteiger partial charge is 0.243 e. The van der Waals surface area contributed by atoms with Gasteiger partial charge in [-0.1, -0.05) is 12.1 Å². The van der Waals surface area contributed by atoms with Crippen LogP contribution in [0.25, 0.3) is 0 Å². The average Bonchev–Trinajstić information content (AvgIpc) is 3.12. The van der Waals surface area contributed by atoms with Crippen molar-refractivity contribution in [3.63, 3.8) is 0 Å². The summed E-state index contributed by atoms with van der Waals surface area (Å²) < 4.78 is 32.9. The molecule has 0 bridgehead atoms. The summed E-state index contributed by atoms with van der Waals surface area (Å²) in [5, 5.41) is 2.67. The Hall–Kier alpha value is -2.38. The molecule has 7 heteroatoms. The average molecular weight is 388 g/mol. The van der Waals surface area contributed by atoms with Crippen molar-refractivity contribution >= 4 is 21.6 Å². The lowest BCUT2D eigenvalue weighted by atomic mass is 9.99. The lowest BCUT2D eigenvalue weighted by Crippen LogP contribution is -2.29. The third-order valence-corrected chi connectivity index (χ3v) is 6.88. The lowest BCUT2D eigenvalue weighted by molar-refractivity contribution is -0.114. The van der Waals surface area contributed by atoms with E-state index in [0.29, 0.717) is 24.3 Å². The predicted molar refractivity (Wildman–Crippen MR) is 105 cm³/mol. The second-order valence-electron chi connectivity index (χ2n) is 6.78. The van der Waals surface area contributed by atoms with Gasteiger partial charge in [0, 0.05) is 25.7 Å². The van der Waals surface area contributed by atoms with E-state index in [1.165, 1.54) is 6.92 Å². The van der Waals surface area contributed by atoms with Crippen LogP contribution in [0.5, 0.6) is 5.75 Å². The van der Waals surface area contributed by atoms with Gasteiger partial charge in [-0.3, -0.25) is 4.79 Å². The first-order valence-electron chi connectivity index (χ1n) is 8.83. The standard InChI is InChI=1S/C20H24N2O4S/c1-14-12-18(21-15(2)23)6-9-20(14)27(24,25)22-11-10-17(13-22)16-4-7-19(26-3)8-5-16/h4-9,12,17H,10-11,13H2,1-3H3,(H,21,23). The number of hydrogen-bond donors (Lipinski definition) is 1. The summed E-state index contributed by atoms with van der Waals surface area (Å²) in [6, 6.07) is 12.7. The predicted octanol–water partition coefficient (Wildman–Crippen LogP) is 3.14. The molecule has 6 nitrogen and oxygen atoms in total. The van der Waals surface area contributed by atoms with E-state index in [-0.39, 0.29) is 16.7 Å². The number of sulfonamides is 1. The van der Waals surface area contributed by atoms with Crippen molar-refractivity contribution in [3.8, 4) is 5.75 Å². The van der Waals surface area contributed by atoms with Crippen LogP contribution in [0.1, 0.15) is 30.4 Å². The van der Waals surface area contributed by atoms with Crippen LogP contribution in [0.15, 0.2) is 47.4 Å². The topological polar surface area (TPSA) is 75.7 Å². The van der Waals surface area contributed by atoms with E-state index in [1.54, 1.807) is 36.5 Å². The molecule has 1 amide bonds. The van der Waals surface area contributed by atoms with Gasteiger partial charge in [-0.15, -0.1) is 0 Å². The van der Waals surface area contributed by atoms with Gasteiger partial charge in [-0.05, 0) is 60.7 Å². The van der Waals surface area contributed by atoms with E-state index in [1.807, 2.05) is 24.3 Å². The van der Waals surface area contributed by atoms with Gasteiger partial charge >= 0.3 is 0 Å². The van der Waals surface area contributed by atoms with Gasteiger partial charge in [0.25, 0.3) is 0 Å². The molecule has 2 aromatic carbocycles. The number of rotatable bonds is 5. The highest BCUT2D eigenvalue weighted by atomic mass is 32.2. The van der Waals surface area contributed by atoms with Gasteiger partial charge < -0.3 is 10.1 Å². The minimum Gasteiger partial charge on any atom is -0.497 e. The molecule has 1 heterocycles. The molecule has 1 fully saturated rings. The fourth-order valence-electron chi connectivity index (χ4n) is 3.45. The number of ether oxygens (including phenoxy) is 1. The number of methoxy groups -OCH3 is 1. The molecule has 0 spiro atoms. The fraction of sp³-hybridized carbons (Fsp3) is 0.350. The van der Waals surface area contributed by atoms with Gasteiger partial charge in [-0.25, -0.2) is 8.42 Å². The molecule has 1 N–H and O–H groups in total. The van der Waals surface area contributed by atoms with Crippen LogP contribution in [-0.4, -0.2) is 38.8 Å². The number of hydrogen-bond acceptors (Lipinski definition) is 4. The zero-order chi connectivity index (χ0) is 19.6. The Morgan fingerprint density at radius 1 is 1.19 bits per heavy atom. The molecule has 0 radical (unpaired) electrons. The van der Waals surface area contributed by atoms with Crippen molar-refractivity contribution in [2.75, 3.05) is 25.5 Å². The second kappa shape index (κ2) is 7.70. The van der Waals surface area contributed by atoms with Crippen LogP contribution in [0, 0.1) is 6.92 Å². The molecule has 27 heavy (non-hydrogen) atoms. The highest BCUT2D eigenvalue weighted by Crippen LogP contribution is 2.33. The normalized spacial score (nSPS) is 17.7. The first-order chi connectivity index (χ1) is 12.8. The fourth-order valence-corrected chi connectivity index (χ4v) is 5.16. The van der Waals surface area contributed by atoms with Crippen LogP contribution in [0.4, 0.5) is 5.69 Å². The van der Waals surface area contributed by atoms with E-state index in [9.17, 15) is 13.2 Å². The molecular weight excluding hydrogens is 364 g/mol. The molecule has 1 unspecified atom stereocenters. The number of nitrogens with zero attached hydrogens (tertiary/aromatic N) is 1. The summed E-state index contributed by atoms with van der Waals surface area (Å²) in [6.07, 6.45) is 0.786. The summed E-state index contributed by atoms with van der Waals surface area (Å²) in [5.41, 5.74) is 2.33. The number of nitrogens with one attached hydrogen (secondary N) is 1. The summed E-state index contributed by atoms with van der Waals surface area (Å²) in [4.78, 5) is 11.5. The Bertz CT molecular complexity index is 939. The monoisotopic (exact) mass is 388 g/mol. The minimum absolute atomic E-state index is 0.171. The molecular formula is C20H24N2O4S. The molecule has 3 rings (SSSR count). The molecule has 0 aromatic heterocycles. The van der Waals surface area contributed by atoms with Crippen molar-refractivity contribution in [2.24, 2.45) is 0 Å². The van der Waals surface area contributed by atoms with Crippen molar-refractivity contribution in [2.45, 2.75) is 31.1 Å². The highest BCUT2D eigenvalue weighted by molar-refractivity contribution is 7.89. The van der Waals surface area contributed by atoms with Crippen LogP contribution in [-0.2, 0) is 14.8 Å². The number of aryl methyl sites for hydroxylation is 1. The maximum atomic E-state index is 13.1. The van der Waals surface area contributed by atoms with E-state index in [2.05, 4.69) is 5.32 Å². The number of carbonyl (C=O) groups excluding carboxylic acids is 1. The Morgan fingerprint density at radius 3 is 2.48 bits per heavy atom. The summed E-state index contributed by atoms with van der Waals surface area (Å²) >= 11 is 0. The summed E-state index contributed by atoms with van der Waals surface area (Å²) in [7, 11) is -1.95. The van der Waals surface area contributed by atoms with Gasteiger partial charge in [0.15, 0.2) is 0 Å². The molecule has 1 saturated heterocycles. The van der Waals surface area contributed by atoms with Gasteiger partial charge in [0.05, 0.1) is 12.0 Å². The molecule has 1 atom stereocenters. The summed E-state index contributed by atoms with van der Waals surface area (Å²) in [5.74, 6) is 0.771. The Morgan fingerprint density at radius 2 is 1.89 bits per heavy atom. The van der Waals surface area contributed by atoms with E-state index in [4.69, 9.17) is 4.74 Å². The Balaban J connectivity index is 1.78. The van der Waals surface area contributed by atoms with Crippen molar-refractivity contribution in [3.05, 3.63) is 53.6 Å². The first-order valence-corrected chi connectivity index (χ1v) is 10.3. The van der Waals surface area contributed by atoms with Gasteiger partial charge in [0.2, 0.25) is 15.9 Å². The summed E-state index contributed by atoms with van der Waals surface area (Å²) in [6.45, 7) is 4.12. The number of anilines is 1. The van der Waals surface area contributed by atoms with Gasteiger partial charge in [0.1, 0.15) is 5.75 Å². The maximum Gasteiger partial charge on any atom is 0.243 e. The first kappa shape index (κ1) is 19.4. The molecule has 144 valence electrons. The molecule has 0 saturated carbocycles. The zero-order valence-electron chi connectivity index (χ0n) is 15.7. The van der Waals surface area contributed by atoms with Crippen LogP contribution >= 0.6 is 0 Å². The highest BCUT2D eigenvalue weighted by Gasteiger charge is 2.34. The number of amides is 1. The molecule has 1 aliphatic rings. The maximum absolute atomic E-state index is 13.1. The SMILES string of the molecule is COc1ccc(C2CCN(S(=O)(=O)c3ccc(NC(C)=O)cc3C)C2)cc1.